The predicted molar refractivity (Wildman–Crippen MR) is 109 cm³/mol. The fourth-order valence-electron chi connectivity index (χ4n) is 3.39. The van der Waals surface area contributed by atoms with Gasteiger partial charge in [0.05, 0.1) is 0 Å². The number of rotatable bonds is 7. The maximum atomic E-state index is 12.3. The van der Waals surface area contributed by atoms with Gasteiger partial charge >= 0.3 is 6.03 Å². The van der Waals surface area contributed by atoms with Crippen molar-refractivity contribution in [2.45, 2.75) is 39.0 Å². The molecule has 0 aromatic heterocycles. The molecule has 2 N–H and O–H groups in total. The summed E-state index contributed by atoms with van der Waals surface area (Å²) < 4.78 is 0. The molecule has 0 unspecified atom stereocenters. The molecule has 0 spiro atoms. The zero-order valence-electron chi connectivity index (χ0n) is 16.0. The SMILES string of the molecule is CCN(CC)c1ccc(NC(=O)NCC2(c3ccc(C)cc3)CC2)cc1. The van der Waals surface area contributed by atoms with Crippen LogP contribution < -0.4 is 15.5 Å². The van der Waals surface area contributed by atoms with Crippen molar-refractivity contribution in [1.82, 2.24) is 5.32 Å². The van der Waals surface area contributed by atoms with Gasteiger partial charge < -0.3 is 15.5 Å². The Kier molecular flexibility index (Phi) is 5.50. The lowest BCUT2D eigenvalue weighted by molar-refractivity contribution is 0.251. The largest absolute Gasteiger partial charge is 0.372 e. The molecule has 4 heteroatoms. The second kappa shape index (κ2) is 7.81. The lowest BCUT2D eigenvalue weighted by Crippen LogP contribution is -2.35. The normalized spacial score (nSPS) is 14.6. The Morgan fingerprint density at radius 1 is 1.00 bits per heavy atom. The molecule has 0 radical (unpaired) electrons. The molecule has 0 atom stereocenters. The van der Waals surface area contributed by atoms with Gasteiger partial charge in [0.15, 0.2) is 0 Å². The quantitative estimate of drug-likeness (QED) is 0.760. The number of anilines is 2. The van der Waals surface area contributed by atoms with Gasteiger partial charge in [-0.05, 0) is 63.4 Å². The first-order valence-corrected chi connectivity index (χ1v) is 9.53. The van der Waals surface area contributed by atoms with Crippen LogP contribution in [0.2, 0.25) is 0 Å². The lowest BCUT2D eigenvalue weighted by Gasteiger charge is -2.21. The smallest absolute Gasteiger partial charge is 0.319 e. The molecular formula is C22H29N3O. The first kappa shape index (κ1) is 18.3. The number of carbonyl (C=O) groups is 1. The predicted octanol–water partition coefficient (Wildman–Crippen LogP) is 4.69. The molecule has 138 valence electrons. The Morgan fingerprint density at radius 2 is 1.62 bits per heavy atom. The van der Waals surface area contributed by atoms with Crippen molar-refractivity contribution in [3.05, 3.63) is 59.7 Å². The number of nitrogens with zero attached hydrogens (tertiary/aromatic N) is 1. The van der Waals surface area contributed by atoms with Gasteiger partial charge in [0.2, 0.25) is 0 Å². The summed E-state index contributed by atoms with van der Waals surface area (Å²) in [5.41, 5.74) is 4.71. The summed E-state index contributed by atoms with van der Waals surface area (Å²) in [4.78, 5) is 14.6. The second-order valence-electron chi connectivity index (χ2n) is 7.17. The number of hydrogen-bond donors (Lipinski definition) is 2. The van der Waals surface area contributed by atoms with E-state index in [-0.39, 0.29) is 11.4 Å². The van der Waals surface area contributed by atoms with E-state index in [9.17, 15) is 4.79 Å². The summed E-state index contributed by atoms with van der Waals surface area (Å²) in [6.07, 6.45) is 2.27. The van der Waals surface area contributed by atoms with Gasteiger partial charge in [0.25, 0.3) is 0 Å². The van der Waals surface area contributed by atoms with E-state index in [1.807, 2.05) is 12.1 Å². The molecule has 0 saturated heterocycles. The van der Waals surface area contributed by atoms with Crippen LogP contribution in [0, 0.1) is 6.92 Å². The number of amides is 2. The molecule has 26 heavy (non-hydrogen) atoms. The van der Waals surface area contributed by atoms with E-state index in [4.69, 9.17) is 0 Å². The molecule has 1 aliphatic rings. The molecule has 3 rings (SSSR count). The zero-order valence-corrected chi connectivity index (χ0v) is 16.0. The minimum Gasteiger partial charge on any atom is -0.372 e. The molecule has 1 saturated carbocycles. The summed E-state index contributed by atoms with van der Waals surface area (Å²) in [5, 5.41) is 5.98. The van der Waals surface area contributed by atoms with Gasteiger partial charge in [-0.15, -0.1) is 0 Å². The monoisotopic (exact) mass is 351 g/mol. The molecule has 1 aliphatic carbocycles. The maximum absolute atomic E-state index is 12.3. The topological polar surface area (TPSA) is 44.4 Å². The second-order valence-corrected chi connectivity index (χ2v) is 7.17. The van der Waals surface area contributed by atoms with Gasteiger partial charge in [-0.3, -0.25) is 0 Å². The molecule has 4 nitrogen and oxygen atoms in total. The van der Waals surface area contributed by atoms with Crippen LogP contribution in [0.4, 0.5) is 16.2 Å². The highest BCUT2D eigenvalue weighted by molar-refractivity contribution is 5.89. The summed E-state index contributed by atoms with van der Waals surface area (Å²) in [6.45, 7) is 9.02. The number of hydrogen-bond acceptors (Lipinski definition) is 2. The van der Waals surface area contributed by atoms with Gasteiger partial charge in [-0.1, -0.05) is 29.8 Å². The summed E-state index contributed by atoms with van der Waals surface area (Å²) in [5.74, 6) is 0. The van der Waals surface area contributed by atoms with Crippen molar-refractivity contribution in [2.24, 2.45) is 0 Å². The van der Waals surface area contributed by atoms with E-state index in [1.165, 1.54) is 16.8 Å². The lowest BCUT2D eigenvalue weighted by atomic mass is 9.95. The van der Waals surface area contributed by atoms with Gasteiger partial charge in [0.1, 0.15) is 0 Å². The number of carbonyl (C=O) groups excluding carboxylic acids is 1. The Bertz CT molecular complexity index is 729. The van der Waals surface area contributed by atoms with Crippen molar-refractivity contribution in [3.8, 4) is 0 Å². The van der Waals surface area contributed by atoms with Crippen LogP contribution in [0.5, 0.6) is 0 Å². The minimum absolute atomic E-state index is 0.123. The first-order chi connectivity index (χ1) is 12.6. The fraction of sp³-hybridized carbons (Fsp3) is 0.409. The van der Waals surface area contributed by atoms with E-state index in [0.29, 0.717) is 6.54 Å². The van der Waals surface area contributed by atoms with E-state index < -0.39 is 0 Å². The first-order valence-electron chi connectivity index (χ1n) is 9.53. The van der Waals surface area contributed by atoms with E-state index in [2.05, 4.69) is 72.7 Å². The molecule has 0 heterocycles. The molecule has 0 bridgehead atoms. The van der Waals surface area contributed by atoms with E-state index in [0.717, 1.165) is 31.6 Å². The molecular weight excluding hydrogens is 322 g/mol. The third-order valence-corrected chi connectivity index (χ3v) is 5.36. The Hall–Kier alpha value is -2.49. The Balaban J connectivity index is 1.54. The van der Waals surface area contributed by atoms with Crippen LogP contribution in [-0.2, 0) is 5.41 Å². The zero-order chi connectivity index (χ0) is 18.6. The molecule has 0 aliphatic heterocycles. The van der Waals surface area contributed by atoms with E-state index in [1.54, 1.807) is 0 Å². The number of nitrogens with one attached hydrogen (secondary N) is 2. The highest BCUT2D eigenvalue weighted by Crippen LogP contribution is 2.47. The van der Waals surface area contributed by atoms with Crippen LogP contribution in [0.1, 0.15) is 37.8 Å². The summed E-state index contributed by atoms with van der Waals surface area (Å²) in [6, 6.07) is 16.6. The van der Waals surface area contributed by atoms with Crippen molar-refractivity contribution >= 4 is 17.4 Å². The average Bonchev–Trinajstić information content (AvgIpc) is 3.44. The van der Waals surface area contributed by atoms with Crippen LogP contribution in [-0.4, -0.2) is 25.7 Å². The maximum Gasteiger partial charge on any atom is 0.319 e. The molecule has 2 aromatic carbocycles. The third kappa shape index (κ3) is 4.18. The Labute approximate surface area is 156 Å². The van der Waals surface area contributed by atoms with Crippen molar-refractivity contribution in [3.63, 3.8) is 0 Å². The average molecular weight is 351 g/mol. The molecule has 2 aromatic rings. The van der Waals surface area contributed by atoms with Crippen molar-refractivity contribution in [2.75, 3.05) is 29.9 Å². The molecule has 2 amide bonds. The van der Waals surface area contributed by atoms with Crippen LogP contribution in [0.3, 0.4) is 0 Å². The number of urea groups is 1. The van der Waals surface area contributed by atoms with Gasteiger partial charge in [-0.25, -0.2) is 4.79 Å². The van der Waals surface area contributed by atoms with Crippen molar-refractivity contribution in [1.29, 1.82) is 0 Å². The fourth-order valence-corrected chi connectivity index (χ4v) is 3.39. The van der Waals surface area contributed by atoms with Crippen LogP contribution >= 0.6 is 0 Å². The summed E-state index contributed by atoms with van der Waals surface area (Å²) in [7, 11) is 0. The number of aryl methyl sites for hydroxylation is 1. The summed E-state index contributed by atoms with van der Waals surface area (Å²) >= 11 is 0. The Morgan fingerprint density at radius 3 is 2.15 bits per heavy atom. The van der Waals surface area contributed by atoms with E-state index >= 15 is 0 Å². The van der Waals surface area contributed by atoms with Crippen LogP contribution in [0.25, 0.3) is 0 Å². The third-order valence-electron chi connectivity index (χ3n) is 5.36. The standard InChI is InChI=1S/C22H29N3O/c1-4-25(5-2)20-12-10-19(11-13-20)24-21(26)23-16-22(14-15-22)18-8-6-17(3)7-9-18/h6-13H,4-5,14-16H2,1-3H3,(H2,23,24,26). The van der Waals surface area contributed by atoms with Gasteiger partial charge in [-0.2, -0.15) is 0 Å². The number of benzene rings is 2. The van der Waals surface area contributed by atoms with Crippen LogP contribution in [0.15, 0.2) is 48.5 Å². The van der Waals surface area contributed by atoms with Gasteiger partial charge in [0, 0.05) is 36.4 Å². The highest BCUT2D eigenvalue weighted by atomic mass is 16.2. The molecule has 1 fully saturated rings. The van der Waals surface area contributed by atoms with Crippen molar-refractivity contribution < 1.29 is 4.79 Å². The highest BCUT2D eigenvalue weighted by Gasteiger charge is 2.44. The minimum atomic E-state index is -0.140.